The maximum Gasteiger partial charge on any atom is 0.0473 e. The normalized spacial score (nSPS) is 13.4. The molecule has 1 aromatic rings. The lowest BCUT2D eigenvalue weighted by Gasteiger charge is -2.33. The highest BCUT2D eigenvalue weighted by atomic mass is 79.9. The molecule has 2 N–H and O–H groups in total. The van der Waals surface area contributed by atoms with Crippen LogP contribution in [0.15, 0.2) is 28.7 Å². The van der Waals surface area contributed by atoms with E-state index in [0.717, 1.165) is 11.0 Å². The van der Waals surface area contributed by atoms with E-state index >= 15 is 0 Å². The fourth-order valence-electron chi connectivity index (χ4n) is 2.12. The van der Waals surface area contributed by atoms with Crippen LogP contribution < -0.4 is 5.73 Å². The molecule has 0 aliphatic heterocycles. The van der Waals surface area contributed by atoms with E-state index in [4.69, 9.17) is 5.73 Å². The first-order valence-electron chi connectivity index (χ1n) is 5.81. The van der Waals surface area contributed by atoms with Crippen molar-refractivity contribution in [1.82, 2.24) is 4.90 Å². The Balaban J connectivity index is 2.96. The van der Waals surface area contributed by atoms with Crippen molar-refractivity contribution < 1.29 is 0 Å². The summed E-state index contributed by atoms with van der Waals surface area (Å²) in [5.74, 6) is 0. The third-order valence-corrected chi connectivity index (χ3v) is 3.38. The van der Waals surface area contributed by atoms with E-state index < -0.39 is 0 Å². The first kappa shape index (κ1) is 13.7. The van der Waals surface area contributed by atoms with Gasteiger partial charge in [-0.1, -0.05) is 35.0 Å². The number of halogens is 1. The maximum absolute atomic E-state index is 5.91. The maximum atomic E-state index is 5.91. The third kappa shape index (κ3) is 3.30. The number of likely N-dealkylation sites (N-methyl/N-ethyl adjacent to an activating group) is 1. The van der Waals surface area contributed by atoms with E-state index in [1.54, 1.807) is 0 Å². The molecule has 0 saturated heterocycles. The number of hydrogen-bond acceptors (Lipinski definition) is 2. The third-order valence-electron chi connectivity index (χ3n) is 2.89. The number of hydrogen-bond donors (Lipinski definition) is 1. The Hall–Kier alpha value is -0.380. The van der Waals surface area contributed by atoms with Gasteiger partial charge < -0.3 is 5.73 Å². The van der Waals surface area contributed by atoms with Gasteiger partial charge in [0.25, 0.3) is 0 Å². The van der Waals surface area contributed by atoms with Gasteiger partial charge in [-0.25, -0.2) is 0 Å². The van der Waals surface area contributed by atoms with E-state index in [0.29, 0.717) is 18.6 Å². The van der Waals surface area contributed by atoms with Crippen LogP contribution in [0.25, 0.3) is 0 Å². The smallest absolute Gasteiger partial charge is 0.0473 e. The second-order valence-corrected chi connectivity index (χ2v) is 5.15. The van der Waals surface area contributed by atoms with Gasteiger partial charge in [0.05, 0.1) is 0 Å². The molecule has 0 spiro atoms. The average molecular weight is 285 g/mol. The molecule has 2 nitrogen and oxygen atoms in total. The van der Waals surface area contributed by atoms with Gasteiger partial charge in [0, 0.05) is 23.1 Å². The summed E-state index contributed by atoms with van der Waals surface area (Å²) in [4.78, 5) is 2.42. The summed E-state index contributed by atoms with van der Waals surface area (Å²) < 4.78 is 1.11. The van der Waals surface area contributed by atoms with Crippen LogP contribution in [-0.4, -0.2) is 24.0 Å². The van der Waals surface area contributed by atoms with E-state index in [-0.39, 0.29) is 0 Å². The zero-order valence-corrected chi connectivity index (χ0v) is 11.9. The van der Waals surface area contributed by atoms with Gasteiger partial charge in [-0.05, 0) is 38.1 Å². The molecule has 90 valence electrons. The summed E-state index contributed by atoms with van der Waals surface area (Å²) in [7, 11) is 0. The van der Waals surface area contributed by atoms with Crippen LogP contribution in [0.4, 0.5) is 0 Å². The first-order valence-corrected chi connectivity index (χ1v) is 6.60. The summed E-state index contributed by atoms with van der Waals surface area (Å²) in [5, 5.41) is 0. The van der Waals surface area contributed by atoms with Crippen molar-refractivity contribution >= 4 is 15.9 Å². The monoisotopic (exact) mass is 284 g/mol. The molecule has 1 unspecified atom stereocenters. The van der Waals surface area contributed by atoms with Gasteiger partial charge in [-0.15, -0.1) is 0 Å². The summed E-state index contributed by atoms with van der Waals surface area (Å²) in [6, 6.07) is 9.23. The molecule has 0 bridgehead atoms. The van der Waals surface area contributed by atoms with Crippen molar-refractivity contribution in [3.63, 3.8) is 0 Å². The number of benzene rings is 1. The van der Waals surface area contributed by atoms with Crippen molar-refractivity contribution in [3.8, 4) is 0 Å². The van der Waals surface area contributed by atoms with Crippen LogP contribution >= 0.6 is 15.9 Å². The Morgan fingerprint density at radius 2 is 2.06 bits per heavy atom. The minimum atomic E-state index is 0.308. The molecule has 0 aliphatic carbocycles. The molecule has 0 aromatic heterocycles. The van der Waals surface area contributed by atoms with Crippen LogP contribution in [0.5, 0.6) is 0 Å². The minimum Gasteiger partial charge on any atom is -0.329 e. The highest BCUT2D eigenvalue weighted by molar-refractivity contribution is 9.10. The fourth-order valence-corrected chi connectivity index (χ4v) is 2.54. The molecule has 0 heterocycles. The summed E-state index contributed by atoms with van der Waals surface area (Å²) in [5.41, 5.74) is 7.20. The topological polar surface area (TPSA) is 29.3 Å². The molecule has 3 heteroatoms. The molecule has 1 aromatic carbocycles. The van der Waals surface area contributed by atoms with Gasteiger partial charge in [0.1, 0.15) is 0 Å². The molecule has 1 rings (SSSR count). The van der Waals surface area contributed by atoms with Crippen LogP contribution in [0.3, 0.4) is 0 Å². The highest BCUT2D eigenvalue weighted by Gasteiger charge is 2.19. The van der Waals surface area contributed by atoms with Crippen molar-refractivity contribution in [1.29, 1.82) is 0 Å². The Labute approximate surface area is 107 Å². The summed E-state index contributed by atoms with van der Waals surface area (Å²) in [6.07, 6.45) is 0. The van der Waals surface area contributed by atoms with Gasteiger partial charge in [-0.2, -0.15) is 0 Å². The second kappa shape index (κ2) is 6.38. The molecule has 0 amide bonds. The number of nitrogens with zero attached hydrogens (tertiary/aromatic N) is 1. The van der Waals surface area contributed by atoms with Crippen molar-refractivity contribution in [2.75, 3.05) is 13.1 Å². The lowest BCUT2D eigenvalue weighted by molar-refractivity contribution is 0.166. The Bertz CT molecular complexity index is 325. The molecular weight excluding hydrogens is 264 g/mol. The second-order valence-electron chi connectivity index (χ2n) is 4.23. The van der Waals surface area contributed by atoms with Gasteiger partial charge in [0.2, 0.25) is 0 Å². The van der Waals surface area contributed by atoms with E-state index in [9.17, 15) is 0 Å². The largest absolute Gasteiger partial charge is 0.329 e. The van der Waals surface area contributed by atoms with Crippen molar-refractivity contribution in [2.24, 2.45) is 5.73 Å². The molecular formula is C13H21BrN2. The zero-order chi connectivity index (χ0) is 12.1. The standard InChI is InChI=1S/C13H21BrN2/c1-4-16(10(2)3)13(9-15)11-6-5-7-12(14)8-11/h5-8,10,13H,4,9,15H2,1-3H3. The fraction of sp³-hybridized carbons (Fsp3) is 0.538. The molecule has 0 saturated carbocycles. The van der Waals surface area contributed by atoms with Crippen LogP contribution in [-0.2, 0) is 0 Å². The Morgan fingerprint density at radius 3 is 2.50 bits per heavy atom. The van der Waals surface area contributed by atoms with Gasteiger partial charge in [-0.3, -0.25) is 4.90 Å². The molecule has 0 fully saturated rings. The van der Waals surface area contributed by atoms with Gasteiger partial charge in [0.15, 0.2) is 0 Å². The van der Waals surface area contributed by atoms with E-state index in [1.165, 1.54) is 5.56 Å². The van der Waals surface area contributed by atoms with Crippen LogP contribution in [0, 0.1) is 0 Å². The summed E-state index contributed by atoms with van der Waals surface area (Å²) >= 11 is 3.51. The lowest BCUT2D eigenvalue weighted by atomic mass is 10.0. The predicted molar refractivity (Wildman–Crippen MR) is 73.5 cm³/mol. The van der Waals surface area contributed by atoms with Gasteiger partial charge >= 0.3 is 0 Å². The molecule has 0 radical (unpaired) electrons. The van der Waals surface area contributed by atoms with E-state index in [2.05, 4.69) is 59.8 Å². The SMILES string of the molecule is CCN(C(C)C)C(CN)c1cccc(Br)c1. The quantitative estimate of drug-likeness (QED) is 0.900. The van der Waals surface area contributed by atoms with E-state index in [1.807, 2.05) is 6.07 Å². The van der Waals surface area contributed by atoms with Crippen molar-refractivity contribution in [3.05, 3.63) is 34.3 Å². The lowest BCUT2D eigenvalue weighted by Crippen LogP contribution is -2.38. The average Bonchev–Trinajstić information content (AvgIpc) is 2.25. The van der Waals surface area contributed by atoms with Crippen LogP contribution in [0.1, 0.15) is 32.4 Å². The Kier molecular flexibility index (Phi) is 5.46. The first-order chi connectivity index (χ1) is 7.60. The van der Waals surface area contributed by atoms with Crippen molar-refractivity contribution in [2.45, 2.75) is 32.9 Å². The molecule has 16 heavy (non-hydrogen) atoms. The number of rotatable bonds is 5. The molecule has 0 aliphatic rings. The minimum absolute atomic E-state index is 0.308. The predicted octanol–water partition coefficient (Wildman–Crippen LogP) is 3.18. The zero-order valence-electron chi connectivity index (χ0n) is 10.3. The summed E-state index contributed by atoms with van der Waals surface area (Å²) in [6.45, 7) is 8.28. The number of nitrogens with two attached hydrogens (primary N) is 1. The molecule has 1 atom stereocenters. The highest BCUT2D eigenvalue weighted by Crippen LogP contribution is 2.24. The Morgan fingerprint density at radius 1 is 1.38 bits per heavy atom. The van der Waals surface area contributed by atoms with Crippen LogP contribution in [0.2, 0.25) is 0 Å².